The van der Waals surface area contributed by atoms with Gasteiger partial charge in [-0.15, -0.1) is 0 Å². The molecule has 24 heavy (non-hydrogen) atoms. The molecule has 1 rings (SSSR count). The number of likely N-dealkylation sites (N-methyl/N-ethyl adjacent to an activating group) is 1. The fraction of sp³-hybridized carbons (Fsp3) is 0.611. The molecule has 5 nitrogen and oxygen atoms in total. The van der Waals surface area contributed by atoms with E-state index in [9.17, 15) is 14.3 Å². The predicted molar refractivity (Wildman–Crippen MR) is 94.3 cm³/mol. The van der Waals surface area contributed by atoms with Crippen LogP contribution < -0.4 is 10.6 Å². The topological polar surface area (TPSA) is 64.6 Å². The molecular weight excluding hydrogens is 309 g/mol. The molecule has 0 aliphatic heterocycles. The van der Waals surface area contributed by atoms with Crippen molar-refractivity contribution in [1.29, 1.82) is 0 Å². The molecule has 2 amide bonds. The number of amides is 2. The van der Waals surface area contributed by atoms with E-state index in [0.717, 1.165) is 13.0 Å². The second kappa shape index (κ2) is 8.99. The summed E-state index contributed by atoms with van der Waals surface area (Å²) in [6.07, 6.45) is 0.875. The molecule has 0 aliphatic rings. The molecule has 0 bridgehead atoms. The van der Waals surface area contributed by atoms with Gasteiger partial charge in [0, 0.05) is 12.6 Å². The average molecular weight is 339 g/mol. The fourth-order valence-electron chi connectivity index (χ4n) is 2.59. The zero-order valence-electron chi connectivity index (χ0n) is 15.3. The van der Waals surface area contributed by atoms with Crippen LogP contribution in [0.5, 0.6) is 0 Å². The molecule has 0 aromatic heterocycles. The summed E-state index contributed by atoms with van der Waals surface area (Å²) in [6, 6.07) is 5.34. The maximum absolute atomic E-state index is 13.0. The van der Waals surface area contributed by atoms with Gasteiger partial charge in [-0.05, 0) is 51.1 Å². The molecule has 0 aliphatic carbocycles. The first kappa shape index (κ1) is 20.4. The zero-order chi connectivity index (χ0) is 18.3. The number of benzene rings is 1. The van der Waals surface area contributed by atoms with Crippen molar-refractivity contribution in [1.82, 2.24) is 15.5 Å². The van der Waals surface area contributed by atoms with Crippen LogP contribution in [-0.2, 0) is 5.60 Å². The van der Waals surface area contributed by atoms with Crippen LogP contribution in [-0.4, -0.2) is 49.3 Å². The van der Waals surface area contributed by atoms with E-state index < -0.39 is 5.60 Å². The maximum atomic E-state index is 13.0. The van der Waals surface area contributed by atoms with Crippen LogP contribution in [0.2, 0.25) is 0 Å². The number of hydrogen-bond acceptors (Lipinski definition) is 3. The largest absolute Gasteiger partial charge is 0.384 e. The van der Waals surface area contributed by atoms with Gasteiger partial charge in [0.1, 0.15) is 11.4 Å². The summed E-state index contributed by atoms with van der Waals surface area (Å²) in [7, 11) is 3.93. The van der Waals surface area contributed by atoms with Gasteiger partial charge in [-0.25, -0.2) is 9.18 Å². The van der Waals surface area contributed by atoms with Crippen molar-refractivity contribution >= 4 is 6.03 Å². The number of halogens is 1. The van der Waals surface area contributed by atoms with E-state index in [2.05, 4.69) is 24.5 Å². The van der Waals surface area contributed by atoms with Crippen LogP contribution in [0, 0.1) is 11.7 Å². The smallest absolute Gasteiger partial charge is 0.315 e. The summed E-state index contributed by atoms with van der Waals surface area (Å²) in [5.74, 6) is 0.109. The summed E-state index contributed by atoms with van der Waals surface area (Å²) < 4.78 is 13.0. The Bertz CT molecular complexity index is 506. The number of urea groups is 1. The minimum Gasteiger partial charge on any atom is -0.384 e. The lowest BCUT2D eigenvalue weighted by Gasteiger charge is -2.27. The van der Waals surface area contributed by atoms with Crippen LogP contribution in [0.3, 0.4) is 0 Å². The van der Waals surface area contributed by atoms with Gasteiger partial charge in [0.2, 0.25) is 0 Å². The molecule has 0 saturated heterocycles. The lowest BCUT2D eigenvalue weighted by molar-refractivity contribution is 0.0591. The summed E-state index contributed by atoms with van der Waals surface area (Å²) >= 11 is 0. The Morgan fingerprint density at radius 3 is 2.38 bits per heavy atom. The SMILES string of the molecule is CC(C)CC(CN(C)C)NC(=O)NCC(C)(O)c1ccc(F)cc1. The monoisotopic (exact) mass is 339 g/mol. The van der Waals surface area contributed by atoms with Crippen molar-refractivity contribution in [3.63, 3.8) is 0 Å². The fourth-order valence-corrected chi connectivity index (χ4v) is 2.59. The van der Waals surface area contributed by atoms with Gasteiger partial charge in [0.25, 0.3) is 0 Å². The first-order chi connectivity index (χ1) is 11.1. The van der Waals surface area contributed by atoms with E-state index in [1.807, 2.05) is 19.0 Å². The predicted octanol–water partition coefficient (Wildman–Crippen LogP) is 2.31. The third kappa shape index (κ3) is 7.27. The highest BCUT2D eigenvalue weighted by Gasteiger charge is 2.24. The van der Waals surface area contributed by atoms with Gasteiger partial charge in [-0.1, -0.05) is 26.0 Å². The van der Waals surface area contributed by atoms with Crippen LogP contribution in [0.4, 0.5) is 9.18 Å². The average Bonchev–Trinajstić information content (AvgIpc) is 2.44. The number of carbonyl (C=O) groups is 1. The molecule has 2 atom stereocenters. The third-order valence-corrected chi connectivity index (χ3v) is 3.74. The molecule has 0 saturated carbocycles. The van der Waals surface area contributed by atoms with Crippen molar-refractivity contribution in [2.24, 2.45) is 5.92 Å². The van der Waals surface area contributed by atoms with Crippen molar-refractivity contribution in [2.45, 2.75) is 38.8 Å². The normalized spacial score (nSPS) is 15.2. The highest BCUT2D eigenvalue weighted by Crippen LogP contribution is 2.19. The second-order valence-corrected chi connectivity index (χ2v) is 7.20. The van der Waals surface area contributed by atoms with E-state index in [1.165, 1.54) is 24.3 Å². The first-order valence-corrected chi connectivity index (χ1v) is 8.27. The van der Waals surface area contributed by atoms with Crippen molar-refractivity contribution in [3.05, 3.63) is 35.6 Å². The minimum absolute atomic E-state index is 0.0378. The van der Waals surface area contributed by atoms with E-state index in [-0.39, 0.29) is 24.4 Å². The zero-order valence-corrected chi connectivity index (χ0v) is 15.3. The molecule has 136 valence electrons. The molecular formula is C18H30FN3O2. The van der Waals surface area contributed by atoms with Crippen molar-refractivity contribution < 1.29 is 14.3 Å². The van der Waals surface area contributed by atoms with Gasteiger partial charge >= 0.3 is 6.03 Å². The Hall–Kier alpha value is -1.66. The number of carbonyl (C=O) groups excluding carboxylic acids is 1. The number of nitrogens with one attached hydrogen (secondary N) is 2. The molecule has 6 heteroatoms. The molecule has 1 aromatic rings. The lowest BCUT2D eigenvalue weighted by Crippen LogP contribution is -2.49. The maximum Gasteiger partial charge on any atom is 0.315 e. The molecule has 0 radical (unpaired) electrons. The van der Waals surface area contributed by atoms with E-state index >= 15 is 0 Å². The molecule has 0 fully saturated rings. The minimum atomic E-state index is -1.26. The third-order valence-electron chi connectivity index (χ3n) is 3.74. The van der Waals surface area contributed by atoms with Gasteiger partial charge in [-0.2, -0.15) is 0 Å². The van der Waals surface area contributed by atoms with Crippen LogP contribution >= 0.6 is 0 Å². The van der Waals surface area contributed by atoms with Crippen LogP contribution in [0.1, 0.15) is 32.8 Å². The molecule has 0 spiro atoms. The molecule has 2 unspecified atom stereocenters. The van der Waals surface area contributed by atoms with E-state index in [4.69, 9.17) is 0 Å². The van der Waals surface area contributed by atoms with Gasteiger partial charge in [0.05, 0.1) is 6.54 Å². The summed E-state index contributed by atoms with van der Waals surface area (Å²) in [6.45, 7) is 6.61. The Balaban J connectivity index is 2.57. The standard InChI is InChI=1S/C18H30FN3O2/c1-13(2)10-16(11-22(4)5)21-17(23)20-12-18(3,24)14-6-8-15(19)9-7-14/h6-9,13,16,24H,10-12H2,1-5H3,(H2,20,21,23). The molecule has 1 aromatic carbocycles. The van der Waals surface area contributed by atoms with Crippen molar-refractivity contribution in [3.8, 4) is 0 Å². The number of aliphatic hydroxyl groups is 1. The summed E-state index contributed by atoms with van der Waals surface area (Å²) in [5, 5.41) is 16.1. The van der Waals surface area contributed by atoms with Crippen molar-refractivity contribution in [2.75, 3.05) is 27.2 Å². The number of hydrogen-bond donors (Lipinski definition) is 3. The lowest BCUT2D eigenvalue weighted by atomic mass is 9.96. The van der Waals surface area contributed by atoms with Crippen LogP contribution in [0.15, 0.2) is 24.3 Å². The summed E-state index contributed by atoms with van der Waals surface area (Å²) in [4.78, 5) is 14.2. The Labute approximate surface area is 144 Å². The number of rotatable bonds is 8. The van der Waals surface area contributed by atoms with Crippen LogP contribution in [0.25, 0.3) is 0 Å². The van der Waals surface area contributed by atoms with E-state index in [0.29, 0.717) is 11.5 Å². The molecule has 0 heterocycles. The summed E-state index contributed by atoms with van der Waals surface area (Å²) in [5.41, 5.74) is -0.712. The van der Waals surface area contributed by atoms with Gasteiger partial charge in [-0.3, -0.25) is 0 Å². The Morgan fingerprint density at radius 2 is 1.88 bits per heavy atom. The van der Waals surface area contributed by atoms with Gasteiger partial charge in [0.15, 0.2) is 0 Å². The van der Waals surface area contributed by atoms with Gasteiger partial charge < -0.3 is 20.6 Å². The Morgan fingerprint density at radius 1 is 1.29 bits per heavy atom. The highest BCUT2D eigenvalue weighted by atomic mass is 19.1. The van der Waals surface area contributed by atoms with E-state index in [1.54, 1.807) is 6.92 Å². The Kier molecular flexibility index (Phi) is 7.63. The number of nitrogens with zero attached hydrogens (tertiary/aromatic N) is 1. The second-order valence-electron chi connectivity index (χ2n) is 7.20. The molecule has 3 N–H and O–H groups in total. The quantitative estimate of drug-likeness (QED) is 0.681. The first-order valence-electron chi connectivity index (χ1n) is 8.27. The highest BCUT2D eigenvalue weighted by molar-refractivity contribution is 5.74.